The minimum absolute atomic E-state index is 0.00671. The molecule has 1 fully saturated rings. The van der Waals surface area contributed by atoms with E-state index in [1.807, 2.05) is 68.4 Å². The Bertz CT molecular complexity index is 1070. The number of benzene rings is 2. The fourth-order valence-corrected chi connectivity index (χ4v) is 3.92. The van der Waals surface area contributed by atoms with Crippen molar-refractivity contribution >= 4 is 34.8 Å². The number of nitrogens with one attached hydrogen (secondary N) is 1. The van der Waals surface area contributed by atoms with E-state index in [2.05, 4.69) is 15.5 Å². The summed E-state index contributed by atoms with van der Waals surface area (Å²) >= 11 is 11.6. The number of allylic oxidation sites excluding steroid dienone is 1. The third-order valence-electron chi connectivity index (χ3n) is 5.37. The summed E-state index contributed by atoms with van der Waals surface area (Å²) in [6.07, 6.45) is 1.73. The number of amides is 1. The summed E-state index contributed by atoms with van der Waals surface area (Å²) in [6, 6.07) is 16.9. The molecule has 3 aromatic rings. The normalized spacial score (nSPS) is 19.4. The van der Waals surface area contributed by atoms with Crippen molar-refractivity contribution in [1.82, 2.24) is 10.1 Å². The van der Waals surface area contributed by atoms with Crippen LogP contribution < -0.4 is 5.32 Å². The highest BCUT2D eigenvalue weighted by molar-refractivity contribution is 6.55. The van der Waals surface area contributed by atoms with Crippen LogP contribution in [-0.4, -0.2) is 16.0 Å². The zero-order valence-corrected chi connectivity index (χ0v) is 17.4. The molecule has 1 aliphatic rings. The van der Waals surface area contributed by atoms with Gasteiger partial charge in [-0.2, -0.15) is 4.98 Å². The van der Waals surface area contributed by atoms with E-state index in [1.165, 1.54) is 0 Å². The lowest BCUT2D eigenvalue weighted by Crippen LogP contribution is -2.17. The predicted octanol–water partition coefficient (Wildman–Crippen LogP) is 5.93. The number of halogens is 2. The molecule has 1 aromatic heterocycles. The molecule has 1 heterocycles. The Hall–Kier alpha value is -2.63. The van der Waals surface area contributed by atoms with E-state index >= 15 is 0 Å². The molecule has 0 spiro atoms. The van der Waals surface area contributed by atoms with Crippen LogP contribution in [0.25, 0.3) is 22.8 Å². The Balaban J connectivity index is 1.58. The predicted molar refractivity (Wildman–Crippen MR) is 114 cm³/mol. The number of carbonyl (C=O) groups is 1. The van der Waals surface area contributed by atoms with Crippen LogP contribution in [0.1, 0.15) is 13.8 Å². The van der Waals surface area contributed by atoms with Gasteiger partial charge in [0.25, 0.3) is 5.89 Å². The van der Waals surface area contributed by atoms with Crippen LogP contribution in [0.3, 0.4) is 0 Å². The van der Waals surface area contributed by atoms with Gasteiger partial charge in [-0.05, 0) is 29.5 Å². The summed E-state index contributed by atoms with van der Waals surface area (Å²) in [5.41, 5.74) is 1.93. The van der Waals surface area contributed by atoms with Crippen molar-refractivity contribution in [3.05, 3.63) is 65.2 Å². The molecule has 0 saturated heterocycles. The molecule has 7 heteroatoms. The molecule has 2 atom stereocenters. The Labute approximate surface area is 178 Å². The smallest absolute Gasteiger partial charge is 0.260 e. The summed E-state index contributed by atoms with van der Waals surface area (Å²) in [7, 11) is 0. The first-order valence-corrected chi connectivity index (χ1v) is 9.95. The Morgan fingerprint density at radius 3 is 2.52 bits per heavy atom. The molecule has 148 valence electrons. The van der Waals surface area contributed by atoms with Crippen LogP contribution in [0, 0.1) is 17.3 Å². The molecule has 1 saturated carbocycles. The van der Waals surface area contributed by atoms with E-state index in [0.717, 1.165) is 5.56 Å². The van der Waals surface area contributed by atoms with Crippen molar-refractivity contribution in [1.29, 1.82) is 0 Å². The highest BCUT2D eigenvalue weighted by Gasteiger charge is 2.60. The standard InChI is InChI=1S/C22H19Cl2N3O2/c1-22(2)15(12-17(23)24)18(22)20(28)25-16-11-7-6-10-14(16)21-26-19(27-29-21)13-8-4-3-5-9-13/h3-12,15,18H,1-2H3,(H,25,28). The number of nitrogens with zero attached hydrogens (tertiary/aromatic N) is 2. The maximum absolute atomic E-state index is 12.9. The lowest BCUT2D eigenvalue weighted by Gasteiger charge is -2.09. The van der Waals surface area contributed by atoms with Crippen molar-refractivity contribution in [2.45, 2.75) is 13.8 Å². The number of para-hydroxylation sites is 1. The highest BCUT2D eigenvalue weighted by Crippen LogP contribution is 2.60. The molecule has 1 N–H and O–H groups in total. The number of rotatable bonds is 5. The molecule has 0 radical (unpaired) electrons. The van der Waals surface area contributed by atoms with E-state index in [4.69, 9.17) is 27.7 Å². The molecular weight excluding hydrogens is 409 g/mol. The van der Waals surface area contributed by atoms with Crippen molar-refractivity contribution in [3.8, 4) is 22.8 Å². The molecule has 29 heavy (non-hydrogen) atoms. The van der Waals surface area contributed by atoms with Crippen molar-refractivity contribution in [3.63, 3.8) is 0 Å². The first kappa shape index (κ1) is 19.7. The largest absolute Gasteiger partial charge is 0.334 e. The van der Waals surface area contributed by atoms with Crippen molar-refractivity contribution in [2.24, 2.45) is 17.3 Å². The molecule has 0 aliphatic heterocycles. The number of anilines is 1. The van der Waals surface area contributed by atoms with Crippen LogP contribution in [0.15, 0.2) is 69.7 Å². The lowest BCUT2D eigenvalue weighted by molar-refractivity contribution is -0.118. The van der Waals surface area contributed by atoms with Gasteiger partial charge in [-0.3, -0.25) is 4.79 Å². The van der Waals surface area contributed by atoms with Gasteiger partial charge in [0, 0.05) is 5.56 Å². The SMILES string of the molecule is CC1(C)C(C=C(Cl)Cl)C1C(=O)Nc1ccccc1-c1nc(-c2ccccc2)no1. The van der Waals surface area contributed by atoms with Crippen LogP contribution >= 0.6 is 23.2 Å². The van der Waals surface area contributed by atoms with Crippen molar-refractivity contribution in [2.75, 3.05) is 5.32 Å². The zero-order valence-electron chi connectivity index (χ0n) is 15.9. The molecule has 0 bridgehead atoms. The molecule has 5 nitrogen and oxygen atoms in total. The van der Waals surface area contributed by atoms with E-state index in [0.29, 0.717) is 23.0 Å². The zero-order chi connectivity index (χ0) is 20.6. The van der Waals surface area contributed by atoms with Gasteiger partial charge in [0.2, 0.25) is 11.7 Å². The van der Waals surface area contributed by atoms with E-state index in [1.54, 1.807) is 6.08 Å². The second-order valence-electron chi connectivity index (χ2n) is 7.61. The lowest BCUT2D eigenvalue weighted by atomic mass is 10.1. The fraction of sp³-hybridized carbons (Fsp3) is 0.227. The van der Waals surface area contributed by atoms with E-state index in [9.17, 15) is 4.79 Å². The fourth-order valence-electron chi connectivity index (χ4n) is 3.65. The van der Waals surface area contributed by atoms with Gasteiger partial charge in [-0.25, -0.2) is 0 Å². The first-order valence-electron chi connectivity index (χ1n) is 9.20. The van der Waals surface area contributed by atoms with Gasteiger partial charge in [0.15, 0.2) is 0 Å². The second-order valence-corrected chi connectivity index (χ2v) is 8.61. The Morgan fingerprint density at radius 1 is 1.10 bits per heavy atom. The monoisotopic (exact) mass is 427 g/mol. The molecular formula is C22H19Cl2N3O2. The van der Waals surface area contributed by atoms with Crippen LogP contribution in [-0.2, 0) is 4.79 Å². The van der Waals surface area contributed by atoms with Crippen LogP contribution in [0.4, 0.5) is 5.69 Å². The van der Waals surface area contributed by atoms with E-state index < -0.39 is 0 Å². The minimum atomic E-state index is -0.217. The summed E-state index contributed by atoms with van der Waals surface area (Å²) in [5.74, 6) is 0.515. The highest BCUT2D eigenvalue weighted by atomic mass is 35.5. The molecule has 2 aromatic carbocycles. The molecule has 1 aliphatic carbocycles. The van der Waals surface area contributed by atoms with Gasteiger partial charge >= 0.3 is 0 Å². The minimum Gasteiger partial charge on any atom is -0.334 e. The summed E-state index contributed by atoms with van der Waals surface area (Å²) in [6.45, 7) is 4.04. The van der Waals surface area contributed by atoms with Gasteiger partial charge in [-0.1, -0.05) is 84.7 Å². The quantitative estimate of drug-likeness (QED) is 0.547. The summed E-state index contributed by atoms with van der Waals surface area (Å²) in [5, 5.41) is 7.06. The third kappa shape index (κ3) is 3.93. The van der Waals surface area contributed by atoms with Gasteiger partial charge in [-0.15, -0.1) is 0 Å². The maximum Gasteiger partial charge on any atom is 0.260 e. The summed E-state index contributed by atoms with van der Waals surface area (Å²) < 4.78 is 5.64. The average molecular weight is 428 g/mol. The molecule has 4 rings (SSSR count). The van der Waals surface area contributed by atoms with Gasteiger partial charge in [0.05, 0.1) is 17.2 Å². The number of carbonyl (C=O) groups excluding carboxylic acids is 1. The summed E-state index contributed by atoms with van der Waals surface area (Å²) in [4.78, 5) is 17.4. The number of aromatic nitrogens is 2. The molecule has 2 unspecified atom stereocenters. The van der Waals surface area contributed by atoms with Gasteiger partial charge in [0.1, 0.15) is 4.49 Å². The number of hydrogen-bond acceptors (Lipinski definition) is 4. The van der Waals surface area contributed by atoms with Crippen LogP contribution in [0.5, 0.6) is 0 Å². The second kappa shape index (κ2) is 7.65. The van der Waals surface area contributed by atoms with Gasteiger partial charge < -0.3 is 9.84 Å². The average Bonchev–Trinajstić information content (AvgIpc) is 3.05. The maximum atomic E-state index is 12.9. The van der Waals surface area contributed by atoms with Crippen LogP contribution in [0.2, 0.25) is 0 Å². The van der Waals surface area contributed by atoms with Crippen molar-refractivity contribution < 1.29 is 9.32 Å². The Morgan fingerprint density at radius 2 is 1.79 bits per heavy atom. The number of hydrogen-bond donors (Lipinski definition) is 1. The third-order valence-corrected chi connectivity index (χ3v) is 5.62. The van der Waals surface area contributed by atoms with E-state index in [-0.39, 0.29) is 27.6 Å². The first-order chi connectivity index (χ1) is 13.9. The Kier molecular flexibility index (Phi) is 5.19. The topological polar surface area (TPSA) is 68.0 Å². The molecule has 1 amide bonds.